The number of hydrogen-bond donors (Lipinski definition) is 1. The third-order valence-electron chi connectivity index (χ3n) is 2.69. The Labute approximate surface area is 108 Å². The van der Waals surface area contributed by atoms with Crippen LogP contribution in [-0.2, 0) is 0 Å². The second-order valence-electron chi connectivity index (χ2n) is 4.10. The molecule has 1 atom stereocenters. The first-order valence-corrected chi connectivity index (χ1v) is 6.06. The smallest absolute Gasteiger partial charge is 0.169 e. The first kappa shape index (κ1) is 12.3. The Hall–Kier alpha value is -1.13. The monoisotopic (exact) mass is 297 g/mol. The minimum absolute atomic E-state index is 0.289. The molecular formula is C13H13BrFNO. The maximum Gasteiger partial charge on any atom is 0.169 e. The van der Waals surface area contributed by atoms with Crippen LogP contribution in [0, 0.1) is 19.7 Å². The van der Waals surface area contributed by atoms with E-state index in [0.29, 0.717) is 16.0 Å². The number of halogens is 2. The van der Waals surface area contributed by atoms with Crippen molar-refractivity contribution in [3.05, 3.63) is 57.2 Å². The van der Waals surface area contributed by atoms with Crippen molar-refractivity contribution >= 4 is 15.9 Å². The third kappa shape index (κ3) is 2.42. The Bertz CT molecular complexity index is 527. The fourth-order valence-corrected chi connectivity index (χ4v) is 2.28. The molecule has 1 aromatic carbocycles. The van der Waals surface area contributed by atoms with Crippen molar-refractivity contribution in [2.75, 3.05) is 0 Å². The van der Waals surface area contributed by atoms with Gasteiger partial charge >= 0.3 is 0 Å². The minimum Gasteiger partial charge on any atom is -0.452 e. The van der Waals surface area contributed by atoms with E-state index in [1.807, 2.05) is 19.9 Å². The molecule has 0 saturated heterocycles. The van der Waals surface area contributed by atoms with Gasteiger partial charge in [0.05, 0.1) is 6.04 Å². The van der Waals surface area contributed by atoms with Crippen molar-refractivity contribution in [2.45, 2.75) is 19.9 Å². The van der Waals surface area contributed by atoms with Crippen molar-refractivity contribution in [2.24, 2.45) is 5.73 Å². The van der Waals surface area contributed by atoms with Crippen LogP contribution < -0.4 is 5.73 Å². The molecule has 0 radical (unpaired) electrons. The third-order valence-corrected chi connectivity index (χ3v) is 3.12. The van der Waals surface area contributed by atoms with Gasteiger partial charge in [-0.2, -0.15) is 0 Å². The van der Waals surface area contributed by atoms with E-state index in [2.05, 4.69) is 15.9 Å². The molecule has 0 aliphatic heterocycles. The first-order chi connectivity index (χ1) is 7.99. The zero-order valence-electron chi connectivity index (χ0n) is 9.63. The van der Waals surface area contributed by atoms with Crippen molar-refractivity contribution in [1.82, 2.24) is 0 Å². The molecule has 0 amide bonds. The van der Waals surface area contributed by atoms with Crippen LogP contribution in [0.1, 0.15) is 28.5 Å². The summed E-state index contributed by atoms with van der Waals surface area (Å²) in [6, 6.07) is 6.31. The Morgan fingerprint density at radius 2 is 2.00 bits per heavy atom. The van der Waals surface area contributed by atoms with E-state index in [1.54, 1.807) is 12.1 Å². The van der Waals surface area contributed by atoms with Crippen molar-refractivity contribution in [3.63, 3.8) is 0 Å². The van der Waals surface area contributed by atoms with Crippen molar-refractivity contribution in [3.8, 4) is 0 Å². The summed E-state index contributed by atoms with van der Waals surface area (Å²) in [5.74, 6) is 0.255. The highest BCUT2D eigenvalue weighted by atomic mass is 79.9. The van der Waals surface area contributed by atoms with E-state index in [0.717, 1.165) is 11.1 Å². The maximum absolute atomic E-state index is 13.9. The van der Waals surface area contributed by atoms with Crippen LogP contribution in [0.25, 0.3) is 0 Å². The predicted molar refractivity (Wildman–Crippen MR) is 68.3 cm³/mol. The van der Waals surface area contributed by atoms with Gasteiger partial charge in [0.1, 0.15) is 11.6 Å². The van der Waals surface area contributed by atoms with Gasteiger partial charge in [0.25, 0.3) is 0 Å². The summed E-state index contributed by atoms with van der Waals surface area (Å²) in [5, 5.41) is 0. The average Bonchev–Trinajstić information content (AvgIpc) is 2.63. The molecule has 1 unspecified atom stereocenters. The van der Waals surface area contributed by atoms with Gasteiger partial charge < -0.3 is 10.2 Å². The fraction of sp³-hybridized carbons (Fsp3) is 0.231. The van der Waals surface area contributed by atoms with Crippen LogP contribution in [-0.4, -0.2) is 0 Å². The lowest BCUT2D eigenvalue weighted by Crippen LogP contribution is -2.14. The minimum atomic E-state index is -0.582. The second kappa shape index (κ2) is 4.63. The lowest BCUT2D eigenvalue weighted by atomic mass is 9.97. The van der Waals surface area contributed by atoms with Gasteiger partial charge in [-0.3, -0.25) is 0 Å². The van der Waals surface area contributed by atoms with E-state index >= 15 is 0 Å². The predicted octanol–water partition coefficient (Wildman–Crippen LogP) is 3.85. The van der Waals surface area contributed by atoms with Crippen LogP contribution in [0.2, 0.25) is 0 Å². The van der Waals surface area contributed by atoms with Crippen LogP contribution >= 0.6 is 15.9 Å². The normalized spacial score (nSPS) is 12.8. The number of furan rings is 1. The van der Waals surface area contributed by atoms with Crippen LogP contribution in [0.4, 0.5) is 4.39 Å². The maximum atomic E-state index is 13.9. The molecule has 2 nitrogen and oxygen atoms in total. The molecule has 2 aromatic rings. The number of nitrogens with two attached hydrogens (primary N) is 1. The molecule has 0 bridgehead atoms. The number of rotatable bonds is 2. The molecule has 2 rings (SSSR count). The largest absolute Gasteiger partial charge is 0.452 e. The van der Waals surface area contributed by atoms with E-state index in [1.165, 1.54) is 6.07 Å². The molecule has 0 spiro atoms. The summed E-state index contributed by atoms with van der Waals surface area (Å²) < 4.78 is 19.9. The van der Waals surface area contributed by atoms with Crippen molar-refractivity contribution < 1.29 is 8.81 Å². The summed E-state index contributed by atoms with van der Waals surface area (Å²) in [4.78, 5) is 0. The lowest BCUT2D eigenvalue weighted by molar-refractivity contribution is 0.462. The highest BCUT2D eigenvalue weighted by molar-refractivity contribution is 9.10. The van der Waals surface area contributed by atoms with E-state index in [9.17, 15) is 4.39 Å². The Morgan fingerprint density at radius 1 is 1.29 bits per heavy atom. The molecule has 0 fully saturated rings. The topological polar surface area (TPSA) is 39.2 Å². The van der Waals surface area contributed by atoms with Crippen LogP contribution in [0.15, 0.2) is 33.4 Å². The van der Waals surface area contributed by atoms with Crippen molar-refractivity contribution in [1.29, 1.82) is 0 Å². The summed E-state index contributed by atoms with van der Waals surface area (Å²) in [7, 11) is 0. The first-order valence-electron chi connectivity index (χ1n) is 5.26. The van der Waals surface area contributed by atoms with Gasteiger partial charge in [0.2, 0.25) is 0 Å². The molecule has 17 heavy (non-hydrogen) atoms. The number of benzene rings is 1. The Balaban J connectivity index is 2.47. The molecule has 4 heteroatoms. The summed E-state index contributed by atoms with van der Waals surface area (Å²) >= 11 is 3.21. The van der Waals surface area contributed by atoms with E-state index < -0.39 is 6.04 Å². The highest BCUT2D eigenvalue weighted by Crippen LogP contribution is 2.28. The molecular weight excluding hydrogens is 285 g/mol. The second-order valence-corrected chi connectivity index (χ2v) is 4.88. The molecule has 2 N–H and O–H groups in total. The van der Waals surface area contributed by atoms with Gasteiger partial charge in [0.15, 0.2) is 4.67 Å². The SMILES string of the molecule is Cc1cc(C)c(C(N)c2ccc(Br)o2)c(F)c1. The Kier molecular flexibility index (Phi) is 3.35. The molecule has 0 aliphatic rings. The number of hydrogen-bond acceptors (Lipinski definition) is 2. The zero-order valence-corrected chi connectivity index (χ0v) is 11.2. The Morgan fingerprint density at radius 3 is 2.53 bits per heavy atom. The van der Waals surface area contributed by atoms with Crippen LogP contribution in [0.3, 0.4) is 0 Å². The standard InChI is InChI=1S/C13H13BrFNO/c1-7-5-8(2)12(9(15)6-7)13(16)10-3-4-11(14)17-10/h3-6,13H,16H2,1-2H3. The van der Waals surface area contributed by atoms with Gasteiger partial charge in [-0.05, 0) is 59.1 Å². The van der Waals surface area contributed by atoms with Gasteiger partial charge in [-0.1, -0.05) is 6.07 Å². The van der Waals surface area contributed by atoms with Gasteiger partial charge in [-0.15, -0.1) is 0 Å². The summed E-state index contributed by atoms with van der Waals surface area (Å²) in [6.45, 7) is 3.71. The highest BCUT2D eigenvalue weighted by Gasteiger charge is 2.19. The molecule has 1 heterocycles. The molecule has 1 aromatic heterocycles. The zero-order chi connectivity index (χ0) is 12.6. The number of aryl methyl sites for hydroxylation is 2. The molecule has 90 valence electrons. The quantitative estimate of drug-likeness (QED) is 0.914. The summed E-state index contributed by atoms with van der Waals surface area (Å²) in [5.41, 5.74) is 8.23. The lowest BCUT2D eigenvalue weighted by Gasteiger charge is -2.14. The van der Waals surface area contributed by atoms with Gasteiger partial charge in [0, 0.05) is 5.56 Å². The molecule has 0 saturated carbocycles. The van der Waals surface area contributed by atoms with Gasteiger partial charge in [-0.25, -0.2) is 4.39 Å². The van der Waals surface area contributed by atoms with E-state index in [4.69, 9.17) is 10.2 Å². The fourth-order valence-electron chi connectivity index (χ4n) is 1.96. The average molecular weight is 298 g/mol. The van der Waals surface area contributed by atoms with E-state index in [-0.39, 0.29) is 5.82 Å². The van der Waals surface area contributed by atoms with Crippen LogP contribution in [0.5, 0.6) is 0 Å². The molecule has 0 aliphatic carbocycles. The summed E-state index contributed by atoms with van der Waals surface area (Å²) in [6.07, 6.45) is 0.